The standard InChI is InChI=1S/C13H15FN4/c1-8-10(14)5-4-6-11(8)18-13-7-12(15-3)16-9(2)17-13/h4-7H,1-3H3,(H2,15,16,17,18). The Morgan fingerprint density at radius 3 is 2.56 bits per heavy atom. The van der Waals surface area contributed by atoms with Gasteiger partial charge < -0.3 is 10.6 Å². The summed E-state index contributed by atoms with van der Waals surface area (Å²) in [6.45, 7) is 3.54. The van der Waals surface area contributed by atoms with Crippen molar-refractivity contribution in [1.82, 2.24) is 9.97 Å². The molecule has 0 bridgehead atoms. The van der Waals surface area contributed by atoms with Crippen LogP contribution in [0.15, 0.2) is 24.3 Å². The van der Waals surface area contributed by atoms with E-state index < -0.39 is 0 Å². The number of benzene rings is 1. The molecule has 0 fully saturated rings. The highest BCUT2D eigenvalue weighted by Crippen LogP contribution is 2.22. The molecular formula is C13H15FN4. The van der Waals surface area contributed by atoms with E-state index in [2.05, 4.69) is 20.6 Å². The molecule has 1 aromatic heterocycles. The minimum atomic E-state index is -0.236. The second-order valence-electron chi connectivity index (χ2n) is 3.97. The van der Waals surface area contributed by atoms with Crippen LogP contribution >= 0.6 is 0 Å². The van der Waals surface area contributed by atoms with E-state index in [0.717, 1.165) is 5.82 Å². The molecule has 0 unspecified atom stereocenters. The minimum absolute atomic E-state index is 0.236. The van der Waals surface area contributed by atoms with E-state index in [4.69, 9.17) is 0 Å². The summed E-state index contributed by atoms with van der Waals surface area (Å²) < 4.78 is 13.4. The molecule has 0 aliphatic heterocycles. The molecule has 4 nitrogen and oxygen atoms in total. The zero-order valence-electron chi connectivity index (χ0n) is 10.6. The van der Waals surface area contributed by atoms with Crippen molar-refractivity contribution in [2.24, 2.45) is 0 Å². The van der Waals surface area contributed by atoms with Crippen LogP contribution in [0.2, 0.25) is 0 Å². The van der Waals surface area contributed by atoms with Crippen molar-refractivity contribution in [3.63, 3.8) is 0 Å². The second-order valence-corrected chi connectivity index (χ2v) is 3.97. The van der Waals surface area contributed by atoms with Crippen LogP contribution in [0.3, 0.4) is 0 Å². The van der Waals surface area contributed by atoms with Gasteiger partial charge in [-0.1, -0.05) is 6.07 Å². The highest BCUT2D eigenvalue weighted by molar-refractivity contribution is 5.62. The van der Waals surface area contributed by atoms with Crippen LogP contribution in [-0.4, -0.2) is 17.0 Å². The van der Waals surface area contributed by atoms with E-state index in [-0.39, 0.29) is 5.82 Å². The number of hydrogen-bond donors (Lipinski definition) is 2. The summed E-state index contributed by atoms with van der Waals surface area (Å²) in [5, 5.41) is 6.05. The molecule has 94 valence electrons. The van der Waals surface area contributed by atoms with Crippen LogP contribution < -0.4 is 10.6 Å². The van der Waals surface area contributed by atoms with Crippen molar-refractivity contribution >= 4 is 17.3 Å². The topological polar surface area (TPSA) is 49.8 Å². The maximum absolute atomic E-state index is 13.4. The number of nitrogens with zero attached hydrogens (tertiary/aromatic N) is 2. The Morgan fingerprint density at radius 1 is 1.11 bits per heavy atom. The van der Waals surface area contributed by atoms with Gasteiger partial charge in [-0.3, -0.25) is 0 Å². The molecule has 0 atom stereocenters. The van der Waals surface area contributed by atoms with Crippen molar-refractivity contribution < 1.29 is 4.39 Å². The van der Waals surface area contributed by atoms with Gasteiger partial charge in [-0.2, -0.15) is 0 Å². The van der Waals surface area contributed by atoms with Crippen LogP contribution in [0, 0.1) is 19.7 Å². The van der Waals surface area contributed by atoms with Gasteiger partial charge >= 0.3 is 0 Å². The molecule has 5 heteroatoms. The number of halogens is 1. The second kappa shape index (κ2) is 5.00. The number of hydrogen-bond acceptors (Lipinski definition) is 4. The van der Waals surface area contributed by atoms with Crippen molar-refractivity contribution in [1.29, 1.82) is 0 Å². The maximum atomic E-state index is 13.4. The van der Waals surface area contributed by atoms with Crippen molar-refractivity contribution in [3.8, 4) is 0 Å². The van der Waals surface area contributed by atoms with Crippen LogP contribution in [0.25, 0.3) is 0 Å². The van der Waals surface area contributed by atoms with Gasteiger partial charge in [0.1, 0.15) is 23.3 Å². The molecule has 18 heavy (non-hydrogen) atoms. The first kappa shape index (κ1) is 12.3. The molecule has 0 radical (unpaired) electrons. The third-order valence-electron chi connectivity index (χ3n) is 2.62. The fourth-order valence-electron chi connectivity index (χ4n) is 1.64. The first-order valence-corrected chi connectivity index (χ1v) is 5.65. The van der Waals surface area contributed by atoms with Gasteiger partial charge in [0.05, 0.1) is 0 Å². The van der Waals surface area contributed by atoms with Gasteiger partial charge in [-0.15, -0.1) is 0 Å². The Morgan fingerprint density at radius 2 is 1.83 bits per heavy atom. The molecule has 0 saturated carbocycles. The maximum Gasteiger partial charge on any atom is 0.136 e. The predicted molar refractivity (Wildman–Crippen MR) is 70.7 cm³/mol. The summed E-state index contributed by atoms with van der Waals surface area (Å²) in [4.78, 5) is 8.46. The first-order valence-electron chi connectivity index (χ1n) is 5.65. The van der Waals surface area contributed by atoms with Gasteiger partial charge in [0, 0.05) is 24.4 Å². The predicted octanol–water partition coefficient (Wildman–Crippen LogP) is 3.02. The van der Waals surface area contributed by atoms with Crippen molar-refractivity contribution in [2.75, 3.05) is 17.7 Å². The van der Waals surface area contributed by atoms with Gasteiger partial charge in [-0.05, 0) is 26.0 Å². The third kappa shape index (κ3) is 2.56. The zero-order valence-corrected chi connectivity index (χ0v) is 10.6. The van der Waals surface area contributed by atoms with E-state index in [1.54, 1.807) is 26.1 Å². The number of anilines is 3. The molecule has 0 amide bonds. The Balaban J connectivity index is 2.34. The largest absolute Gasteiger partial charge is 0.373 e. The van der Waals surface area contributed by atoms with E-state index >= 15 is 0 Å². The lowest BCUT2D eigenvalue weighted by atomic mass is 10.2. The fourth-order valence-corrected chi connectivity index (χ4v) is 1.64. The van der Waals surface area contributed by atoms with Gasteiger partial charge in [0.15, 0.2) is 0 Å². The molecule has 0 spiro atoms. The first-order chi connectivity index (χ1) is 8.60. The molecule has 2 N–H and O–H groups in total. The van der Waals surface area contributed by atoms with Gasteiger partial charge in [-0.25, -0.2) is 14.4 Å². The lowest BCUT2D eigenvalue weighted by Crippen LogP contribution is -2.02. The summed E-state index contributed by atoms with van der Waals surface area (Å²) in [7, 11) is 1.79. The molecule has 2 rings (SSSR count). The highest BCUT2D eigenvalue weighted by Gasteiger charge is 2.05. The molecule has 1 heterocycles. The highest BCUT2D eigenvalue weighted by atomic mass is 19.1. The Bertz CT molecular complexity index is 569. The van der Waals surface area contributed by atoms with Crippen molar-refractivity contribution in [3.05, 3.63) is 41.5 Å². The smallest absolute Gasteiger partial charge is 0.136 e. The van der Waals surface area contributed by atoms with E-state index in [0.29, 0.717) is 22.9 Å². The molecular weight excluding hydrogens is 231 g/mol. The van der Waals surface area contributed by atoms with Crippen LogP contribution in [0.5, 0.6) is 0 Å². The molecule has 0 saturated heterocycles. The number of nitrogens with one attached hydrogen (secondary N) is 2. The number of rotatable bonds is 3. The summed E-state index contributed by atoms with van der Waals surface area (Å²) in [6, 6.07) is 6.69. The lowest BCUT2D eigenvalue weighted by molar-refractivity contribution is 0.619. The Labute approximate surface area is 105 Å². The molecule has 1 aromatic carbocycles. The number of aromatic nitrogens is 2. The van der Waals surface area contributed by atoms with Gasteiger partial charge in [0.2, 0.25) is 0 Å². The summed E-state index contributed by atoms with van der Waals surface area (Å²) >= 11 is 0. The van der Waals surface area contributed by atoms with E-state index in [1.165, 1.54) is 6.07 Å². The summed E-state index contributed by atoms with van der Waals surface area (Å²) in [6.07, 6.45) is 0. The Kier molecular flexibility index (Phi) is 3.41. The minimum Gasteiger partial charge on any atom is -0.373 e. The normalized spacial score (nSPS) is 10.2. The Hall–Kier alpha value is -2.17. The number of aryl methyl sites for hydroxylation is 1. The molecule has 2 aromatic rings. The average molecular weight is 246 g/mol. The van der Waals surface area contributed by atoms with Crippen LogP contribution in [0.4, 0.5) is 21.7 Å². The third-order valence-corrected chi connectivity index (χ3v) is 2.62. The monoisotopic (exact) mass is 246 g/mol. The van der Waals surface area contributed by atoms with E-state index in [9.17, 15) is 4.39 Å². The fraction of sp³-hybridized carbons (Fsp3) is 0.231. The zero-order chi connectivity index (χ0) is 13.1. The molecule has 0 aliphatic carbocycles. The van der Waals surface area contributed by atoms with Gasteiger partial charge in [0.25, 0.3) is 0 Å². The SMILES string of the molecule is CNc1cc(Nc2cccc(F)c2C)nc(C)n1. The van der Waals surface area contributed by atoms with Crippen LogP contribution in [-0.2, 0) is 0 Å². The summed E-state index contributed by atoms with van der Waals surface area (Å²) in [5.41, 5.74) is 1.27. The lowest BCUT2D eigenvalue weighted by Gasteiger charge is -2.10. The van der Waals surface area contributed by atoms with E-state index in [1.807, 2.05) is 13.0 Å². The van der Waals surface area contributed by atoms with Crippen molar-refractivity contribution in [2.45, 2.75) is 13.8 Å². The quantitative estimate of drug-likeness (QED) is 0.874. The van der Waals surface area contributed by atoms with Crippen LogP contribution in [0.1, 0.15) is 11.4 Å². The average Bonchev–Trinajstić information content (AvgIpc) is 2.34. The molecule has 0 aliphatic rings. The summed E-state index contributed by atoms with van der Waals surface area (Å²) in [5.74, 6) is 1.78.